The molecule has 0 aliphatic heterocycles. The lowest BCUT2D eigenvalue weighted by Crippen LogP contribution is -1.99. The summed E-state index contributed by atoms with van der Waals surface area (Å²) < 4.78 is 0. The predicted octanol–water partition coefficient (Wildman–Crippen LogP) is 2.77. The second-order valence-electron chi connectivity index (χ2n) is 2.78. The van der Waals surface area contributed by atoms with Crippen molar-refractivity contribution >= 4 is 27.8 Å². The molecule has 14 heavy (non-hydrogen) atoms. The number of aromatic nitrogens is 2. The van der Waals surface area contributed by atoms with Gasteiger partial charge in [0.2, 0.25) is 0 Å². The number of nitrogens with one attached hydrogen (secondary N) is 1. The third kappa shape index (κ3) is 2.30. The van der Waals surface area contributed by atoms with E-state index in [4.69, 9.17) is 0 Å². The van der Waals surface area contributed by atoms with Crippen LogP contribution in [0.15, 0.2) is 17.0 Å². The third-order valence-electron chi connectivity index (χ3n) is 1.75. The Morgan fingerprint density at radius 2 is 2.36 bits per heavy atom. The molecule has 0 bridgehead atoms. The molecule has 1 N–H and O–H groups in total. The number of hydrogen-bond acceptors (Lipinski definition) is 5. The molecule has 2 aromatic heterocycles. The highest BCUT2D eigenvalue weighted by Crippen LogP contribution is 2.14. The van der Waals surface area contributed by atoms with Crippen LogP contribution < -0.4 is 5.32 Å². The monoisotopic (exact) mass is 225 g/mol. The maximum absolute atomic E-state index is 4.46. The van der Waals surface area contributed by atoms with E-state index in [9.17, 15) is 0 Å². The van der Waals surface area contributed by atoms with Gasteiger partial charge in [-0.1, -0.05) is 6.92 Å². The number of anilines is 1. The maximum Gasteiger partial charge on any atom is 0.182 e. The fourth-order valence-corrected chi connectivity index (χ4v) is 2.34. The van der Waals surface area contributed by atoms with Crippen molar-refractivity contribution in [2.24, 2.45) is 0 Å². The average Bonchev–Trinajstić information content (AvgIpc) is 2.86. The van der Waals surface area contributed by atoms with E-state index in [0.717, 1.165) is 23.8 Å². The Bertz CT molecular complexity index is 380. The molecule has 2 heterocycles. The first-order valence-electron chi connectivity index (χ1n) is 4.45. The van der Waals surface area contributed by atoms with E-state index in [-0.39, 0.29) is 0 Å². The summed E-state index contributed by atoms with van der Waals surface area (Å²) in [4.78, 5) is 8.60. The van der Waals surface area contributed by atoms with E-state index in [1.807, 2.05) is 5.38 Å². The molecule has 0 fully saturated rings. The summed E-state index contributed by atoms with van der Waals surface area (Å²) in [6, 6.07) is 0. The highest BCUT2D eigenvalue weighted by Gasteiger charge is 2.00. The fraction of sp³-hybridized carbons (Fsp3) is 0.333. The third-order valence-corrected chi connectivity index (χ3v) is 3.53. The molecule has 3 nitrogen and oxygen atoms in total. The van der Waals surface area contributed by atoms with Gasteiger partial charge in [-0.2, -0.15) is 0 Å². The second kappa shape index (κ2) is 4.52. The van der Waals surface area contributed by atoms with Crippen molar-refractivity contribution < 1.29 is 0 Å². The highest BCUT2D eigenvalue weighted by atomic mass is 32.1. The van der Waals surface area contributed by atoms with Crippen LogP contribution >= 0.6 is 22.7 Å². The topological polar surface area (TPSA) is 37.8 Å². The van der Waals surface area contributed by atoms with Crippen molar-refractivity contribution in [3.05, 3.63) is 27.7 Å². The molecule has 0 saturated heterocycles. The Hall–Kier alpha value is -0.940. The van der Waals surface area contributed by atoms with Crippen LogP contribution in [-0.4, -0.2) is 9.97 Å². The minimum atomic E-state index is 0.768. The Labute approximate surface area is 90.9 Å². The van der Waals surface area contributed by atoms with Gasteiger partial charge < -0.3 is 5.32 Å². The number of aryl methyl sites for hydroxylation is 1. The lowest BCUT2D eigenvalue weighted by Gasteiger charge is -1.97. The molecule has 0 atom stereocenters. The molecule has 0 radical (unpaired) electrons. The molecule has 0 aliphatic carbocycles. The maximum atomic E-state index is 4.46. The van der Waals surface area contributed by atoms with Gasteiger partial charge in [0.25, 0.3) is 0 Å². The molecule has 0 aromatic carbocycles. The fourth-order valence-electron chi connectivity index (χ4n) is 1.07. The van der Waals surface area contributed by atoms with E-state index in [2.05, 4.69) is 27.6 Å². The predicted molar refractivity (Wildman–Crippen MR) is 60.9 cm³/mol. The smallest absolute Gasteiger partial charge is 0.182 e. The normalized spacial score (nSPS) is 10.4. The Kier molecular flexibility index (Phi) is 3.10. The number of rotatable bonds is 4. The van der Waals surface area contributed by atoms with Gasteiger partial charge in [-0.05, 0) is 6.42 Å². The van der Waals surface area contributed by atoms with Crippen LogP contribution in [0.1, 0.15) is 17.6 Å². The van der Waals surface area contributed by atoms with Crippen LogP contribution in [0, 0.1) is 0 Å². The first-order valence-corrected chi connectivity index (χ1v) is 6.21. The SMILES string of the molecule is CCc1nc(CNc2nccs2)cs1. The average molecular weight is 225 g/mol. The lowest BCUT2D eigenvalue weighted by atomic mass is 10.4. The molecule has 0 amide bonds. The van der Waals surface area contributed by atoms with E-state index in [1.165, 1.54) is 5.01 Å². The van der Waals surface area contributed by atoms with Gasteiger partial charge in [0.1, 0.15) is 0 Å². The zero-order valence-corrected chi connectivity index (χ0v) is 9.49. The van der Waals surface area contributed by atoms with Crippen molar-refractivity contribution in [2.45, 2.75) is 19.9 Å². The number of nitrogens with zero attached hydrogens (tertiary/aromatic N) is 2. The van der Waals surface area contributed by atoms with Crippen molar-refractivity contribution in [1.82, 2.24) is 9.97 Å². The van der Waals surface area contributed by atoms with Crippen molar-refractivity contribution in [3.63, 3.8) is 0 Å². The quantitative estimate of drug-likeness (QED) is 0.869. The molecule has 2 rings (SSSR count). The molecule has 74 valence electrons. The summed E-state index contributed by atoms with van der Waals surface area (Å²) in [5.41, 5.74) is 1.10. The van der Waals surface area contributed by atoms with Crippen LogP contribution in [0.3, 0.4) is 0 Å². The lowest BCUT2D eigenvalue weighted by molar-refractivity contribution is 1.01. The summed E-state index contributed by atoms with van der Waals surface area (Å²) in [7, 11) is 0. The molecule has 0 aliphatic rings. The molecule has 0 unspecified atom stereocenters. The minimum Gasteiger partial charge on any atom is -0.356 e. The molecule has 5 heteroatoms. The van der Waals surface area contributed by atoms with Crippen LogP contribution in [0.4, 0.5) is 5.13 Å². The van der Waals surface area contributed by atoms with Crippen LogP contribution in [0.5, 0.6) is 0 Å². The minimum absolute atomic E-state index is 0.768. The van der Waals surface area contributed by atoms with Crippen LogP contribution in [0.25, 0.3) is 0 Å². The Morgan fingerprint density at radius 1 is 1.43 bits per heavy atom. The largest absolute Gasteiger partial charge is 0.356 e. The highest BCUT2D eigenvalue weighted by molar-refractivity contribution is 7.13. The van der Waals surface area contributed by atoms with E-state index in [1.54, 1.807) is 28.9 Å². The molecule has 0 spiro atoms. The standard InChI is InChI=1S/C9H11N3S2/c1-2-8-12-7(6-14-8)5-11-9-10-3-4-13-9/h3-4,6H,2,5H2,1H3,(H,10,11). The summed E-state index contributed by atoms with van der Waals surface area (Å²) in [6.07, 6.45) is 2.81. The molecule has 2 aromatic rings. The summed E-state index contributed by atoms with van der Waals surface area (Å²) in [5.74, 6) is 0. The van der Waals surface area contributed by atoms with Gasteiger partial charge in [0.15, 0.2) is 5.13 Å². The van der Waals surface area contributed by atoms with Gasteiger partial charge in [0.05, 0.1) is 17.2 Å². The first-order chi connectivity index (χ1) is 6.88. The van der Waals surface area contributed by atoms with Crippen molar-refractivity contribution in [3.8, 4) is 0 Å². The number of hydrogen-bond donors (Lipinski definition) is 1. The zero-order valence-electron chi connectivity index (χ0n) is 7.86. The van der Waals surface area contributed by atoms with Crippen LogP contribution in [0.2, 0.25) is 0 Å². The van der Waals surface area contributed by atoms with Gasteiger partial charge in [0, 0.05) is 17.0 Å². The van der Waals surface area contributed by atoms with Crippen molar-refractivity contribution in [2.75, 3.05) is 5.32 Å². The second-order valence-corrected chi connectivity index (χ2v) is 4.61. The van der Waals surface area contributed by atoms with Gasteiger partial charge >= 0.3 is 0 Å². The first kappa shape index (κ1) is 9.61. The van der Waals surface area contributed by atoms with Crippen molar-refractivity contribution in [1.29, 1.82) is 0 Å². The van der Waals surface area contributed by atoms with Gasteiger partial charge in [-0.3, -0.25) is 0 Å². The number of thiazole rings is 2. The zero-order chi connectivity index (χ0) is 9.80. The Morgan fingerprint density at radius 3 is 3.00 bits per heavy atom. The van der Waals surface area contributed by atoms with Gasteiger partial charge in [-0.25, -0.2) is 9.97 Å². The van der Waals surface area contributed by atoms with E-state index < -0.39 is 0 Å². The summed E-state index contributed by atoms with van der Waals surface area (Å²) in [5, 5.41) is 9.44. The molecular formula is C9H11N3S2. The van der Waals surface area contributed by atoms with Crippen LogP contribution in [-0.2, 0) is 13.0 Å². The van der Waals surface area contributed by atoms with E-state index in [0.29, 0.717) is 0 Å². The molecular weight excluding hydrogens is 214 g/mol. The summed E-state index contributed by atoms with van der Waals surface area (Å²) >= 11 is 3.33. The van der Waals surface area contributed by atoms with Gasteiger partial charge in [-0.15, -0.1) is 22.7 Å². The Balaban J connectivity index is 1.92. The molecule has 0 saturated carbocycles. The summed E-state index contributed by atoms with van der Waals surface area (Å²) in [6.45, 7) is 2.89. The van der Waals surface area contributed by atoms with E-state index >= 15 is 0 Å².